The van der Waals surface area contributed by atoms with E-state index in [1.807, 2.05) is 0 Å². The van der Waals surface area contributed by atoms with Gasteiger partial charge in [-0.1, -0.05) is 6.92 Å². The summed E-state index contributed by atoms with van der Waals surface area (Å²) in [4.78, 5) is 0. The van der Waals surface area contributed by atoms with Gasteiger partial charge < -0.3 is 4.18 Å². The lowest BCUT2D eigenvalue weighted by Crippen LogP contribution is -2.09. The molecule has 0 unspecified atom stereocenters. The van der Waals surface area contributed by atoms with Crippen LogP contribution in [0.1, 0.15) is 12.5 Å². The molecule has 0 aliphatic rings. The van der Waals surface area contributed by atoms with Crippen LogP contribution in [0.3, 0.4) is 0 Å². The van der Waals surface area contributed by atoms with E-state index in [0.29, 0.717) is 0 Å². The van der Waals surface area contributed by atoms with Gasteiger partial charge in [-0.05, 0) is 18.6 Å². The lowest BCUT2D eigenvalue weighted by molar-refractivity contribution is 0.374. The van der Waals surface area contributed by atoms with E-state index in [-0.39, 0.29) is 12.0 Å². The molecule has 0 saturated heterocycles. The number of halogens is 2. The maximum Gasteiger partial charge on any atom is 0.446 e. The van der Waals surface area contributed by atoms with Crippen molar-refractivity contribution in [2.45, 2.75) is 13.3 Å². The summed E-state index contributed by atoms with van der Waals surface area (Å²) < 4.78 is 59.1. The molecule has 0 aromatic heterocycles. The summed E-state index contributed by atoms with van der Waals surface area (Å²) in [5.74, 6) is -2.65. The van der Waals surface area contributed by atoms with Crippen molar-refractivity contribution >= 4 is 10.4 Å². The molecule has 1 rings (SSSR count). The summed E-state index contributed by atoms with van der Waals surface area (Å²) in [6.45, 7) is 1.50. The van der Waals surface area contributed by atoms with Gasteiger partial charge in [-0.15, -0.1) is 0 Å². The highest BCUT2D eigenvalue weighted by molar-refractivity contribution is 7.81. The van der Waals surface area contributed by atoms with Crippen molar-refractivity contribution < 1.29 is 25.9 Å². The van der Waals surface area contributed by atoms with Gasteiger partial charge in [0.1, 0.15) is 5.82 Å². The van der Waals surface area contributed by atoms with E-state index in [4.69, 9.17) is 4.55 Å². The fourth-order valence-corrected chi connectivity index (χ4v) is 1.43. The summed E-state index contributed by atoms with van der Waals surface area (Å²) in [7, 11) is -4.80. The predicted octanol–water partition coefficient (Wildman–Crippen LogP) is 1.71. The van der Waals surface area contributed by atoms with E-state index in [9.17, 15) is 17.2 Å². The number of hydrogen-bond donors (Lipinski definition) is 1. The third-order valence-electron chi connectivity index (χ3n) is 1.70. The van der Waals surface area contributed by atoms with Gasteiger partial charge in [0, 0.05) is 5.56 Å². The molecule has 0 amide bonds. The van der Waals surface area contributed by atoms with Gasteiger partial charge in [-0.25, -0.2) is 8.78 Å². The van der Waals surface area contributed by atoms with Crippen molar-refractivity contribution in [2.75, 3.05) is 0 Å². The van der Waals surface area contributed by atoms with E-state index in [1.54, 1.807) is 0 Å². The summed E-state index contributed by atoms with van der Waals surface area (Å²) in [5.41, 5.74) is -0.295. The van der Waals surface area contributed by atoms with E-state index < -0.39 is 27.8 Å². The number of benzene rings is 1. The largest absolute Gasteiger partial charge is 0.446 e. The molecular weight excluding hydrogens is 230 g/mol. The second-order valence-corrected chi connectivity index (χ2v) is 3.72. The van der Waals surface area contributed by atoms with Crippen molar-refractivity contribution in [3.8, 4) is 5.75 Å². The Morgan fingerprint density at radius 2 is 2.00 bits per heavy atom. The smallest absolute Gasteiger partial charge is 0.359 e. The molecule has 0 fully saturated rings. The zero-order chi connectivity index (χ0) is 11.6. The van der Waals surface area contributed by atoms with Gasteiger partial charge in [0.15, 0.2) is 11.6 Å². The van der Waals surface area contributed by atoms with Crippen LogP contribution in [-0.4, -0.2) is 13.0 Å². The molecule has 0 spiro atoms. The molecule has 0 bridgehead atoms. The minimum absolute atomic E-state index is 0.0420. The van der Waals surface area contributed by atoms with Crippen LogP contribution in [0, 0.1) is 11.6 Å². The average molecular weight is 238 g/mol. The van der Waals surface area contributed by atoms with Gasteiger partial charge in [0.2, 0.25) is 0 Å². The maximum atomic E-state index is 13.3. The average Bonchev–Trinajstić information content (AvgIpc) is 2.09. The predicted molar refractivity (Wildman–Crippen MR) is 47.9 cm³/mol. The van der Waals surface area contributed by atoms with Gasteiger partial charge in [-0.2, -0.15) is 8.42 Å². The number of hydrogen-bond acceptors (Lipinski definition) is 3. The highest BCUT2D eigenvalue weighted by atomic mass is 32.3. The fourth-order valence-electron chi connectivity index (χ4n) is 1.08. The van der Waals surface area contributed by atoms with Gasteiger partial charge in [0.05, 0.1) is 0 Å². The third-order valence-corrected chi connectivity index (χ3v) is 2.09. The van der Waals surface area contributed by atoms with Gasteiger partial charge >= 0.3 is 10.4 Å². The molecule has 1 aromatic rings. The Bertz CT molecular complexity index is 470. The third kappa shape index (κ3) is 2.87. The Kier molecular flexibility index (Phi) is 3.25. The molecule has 0 aliphatic heterocycles. The maximum absolute atomic E-state index is 13.3. The summed E-state index contributed by atoms with van der Waals surface area (Å²) in [6.07, 6.45) is 0.0420. The van der Waals surface area contributed by atoms with E-state index in [1.165, 1.54) is 6.92 Å². The van der Waals surface area contributed by atoms with Crippen molar-refractivity contribution in [1.29, 1.82) is 0 Å². The monoisotopic (exact) mass is 238 g/mol. The first-order chi connectivity index (χ1) is 6.85. The first-order valence-electron chi connectivity index (χ1n) is 3.99. The number of rotatable bonds is 3. The van der Waals surface area contributed by atoms with Crippen LogP contribution in [0.2, 0.25) is 0 Å². The van der Waals surface area contributed by atoms with Crippen molar-refractivity contribution in [3.63, 3.8) is 0 Å². The Labute approximate surface area is 85.4 Å². The molecular formula is C8H8F2O4S. The van der Waals surface area contributed by atoms with E-state index in [2.05, 4.69) is 4.18 Å². The molecule has 1 N–H and O–H groups in total. The first kappa shape index (κ1) is 11.9. The normalized spacial score (nSPS) is 11.5. The molecule has 0 atom stereocenters. The second-order valence-electron chi connectivity index (χ2n) is 2.70. The van der Waals surface area contributed by atoms with Crippen LogP contribution >= 0.6 is 0 Å². The minimum Gasteiger partial charge on any atom is -0.359 e. The summed E-state index contributed by atoms with van der Waals surface area (Å²) >= 11 is 0. The van der Waals surface area contributed by atoms with E-state index >= 15 is 0 Å². The van der Waals surface area contributed by atoms with Crippen LogP contribution in [0.25, 0.3) is 0 Å². The minimum atomic E-state index is -4.80. The Balaban J connectivity index is 3.22. The summed E-state index contributed by atoms with van der Waals surface area (Å²) in [6, 6.07) is 1.65. The highest BCUT2D eigenvalue weighted by Gasteiger charge is 2.17. The topological polar surface area (TPSA) is 63.6 Å². The van der Waals surface area contributed by atoms with Crippen molar-refractivity contribution in [2.24, 2.45) is 0 Å². The Morgan fingerprint density at radius 1 is 1.40 bits per heavy atom. The van der Waals surface area contributed by atoms with Gasteiger partial charge in [0.25, 0.3) is 0 Å². The lowest BCUT2D eigenvalue weighted by Gasteiger charge is -2.06. The molecule has 7 heteroatoms. The molecule has 15 heavy (non-hydrogen) atoms. The molecule has 0 saturated carbocycles. The zero-order valence-corrected chi connectivity index (χ0v) is 8.51. The molecule has 84 valence electrons. The van der Waals surface area contributed by atoms with Crippen LogP contribution in [0.5, 0.6) is 5.75 Å². The van der Waals surface area contributed by atoms with Gasteiger partial charge in [-0.3, -0.25) is 4.55 Å². The zero-order valence-electron chi connectivity index (χ0n) is 7.70. The van der Waals surface area contributed by atoms with Crippen molar-refractivity contribution in [3.05, 3.63) is 29.3 Å². The SMILES string of the molecule is CCc1c(F)ccc(OS(=O)(=O)O)c1F. The van der Waals surface area contributed by atoms with Crippen LogP contribution < -0.4 is 4.18 Å². The van der Waals surface area contributed by atoms with E-state index in [0.717, 1.165) is 12.1 Å². The quantitative estimate of drug-likeness (QED) is 0.814. The fraction of sp³-hybridized carbons (Fsp3) is 0.250. The van der Waals surface area contributed by atoms with Crippen LogP contribution in [-0.2, 0) is 16.8 Å². The summed E-state index contributed by atoms with van der Waals surface area (Å²) in [5, 5.41) is 0. The highest BCUT2D eigenvalue weighted by Crippen LogP contribution is 2.24. The van der Waals surface area contributed by atoms with Crippen molar-refractivity contribution in [1.82, 2.24) is 0 Å². The molecule has 0 aliphatic carbocycles. The Morgan fingerprint density at radius 3 is 2.47 bits per heavy atom. The molecule has 0 radical (unpaired) electrons. The molecule has 0 heterocycles. The van der Waals surface area contributed by atoms with Crippen LogP contribution in [0.15, 0.2) is 12.1 Å². The van der Waals surface area contributed by atoms with Crippen LogP contribution in [0.4, 0.5) is 8.78 Å². The lowest BCUT2D eigenvalue weighted by atomic mass is 10.1. The Hall–Kier alpha value is -1.21. The first-order valence-corrected chi connectivity index (χ1v) is 5.35. The second kappa shape index (κ2) is 4.11. The molecule has 4 nitrogen and oxygen atoms in total. The standard InChI is InChI=1S/C8H8F2O4S/c1-2-5-6(9)3-4-7(8(5)10)14-15(11,12)13/h3-4H,2H2,1H3,(H,11,12,13). The molecule has 1 aromatic carbocycles.